The molecule has 1 aromatic carbocycles. The minimum absolute atomic E-state index is 0.449. The minimum atomic E-state index is -1.06. The van der Waals surface area contributed by atoms with E-state index in [-0.39, 0.29) is 0 Å². The molecule has 0 spiro atoms. The number of nitrogen functional groups attached to an aromatic ring is 1. The van der Waals surface area contributed by atoms with E-state index >= 15 is 0 Å². The molecule has 16 heavy (non-hydrogen) atoms. The van der Waals surface area contributed by atoms with Crippen molar-refractivity contribution in [3.8, 4) is 0 Å². The number of aliphatic carboxylic acids is 1. The van der Waals surface area contributed by atoms with Gasteiger partial charge in [-0.25, -0.2) is 9.59 Å². The lowest BCUT2D eigenvalue weighted by Gasteiger charge is -2.07. The molecule has 0 aliphatic heterocycles. The lowest BCUT2D eigenvalue weighted by atomic mass is 10.2. The number of nitrogens with one attached hydrogen (secondary N) is 1. The van der Waals surface area contributed by atoms with Gasteiger partial charge in [0.2, 0.25) is 0 Å². The molecule has 2 aromatic rings. The second kappa shape index (κ2) is 3.41. The van der Waals surface area contributed by atoms with Gasteiger partial charge in [-0.2, -0.15) is 0 Å². The molecule has 0 fully saturated rings. The smallest absolute Gasteiger partial charge is 0.327 e. The highest BCUT2D eigenvalue weighted by atomic mass is 16.4. The molecule has 6 heteroatoms. The summed E-state index contributed by atoms with van der Waals surface area (Å²) in [5.41, 5.74) is 6.71. The Balaban J connectivity index is 2.77. The van der Waals surface area contributed by atoms with Gasteiger partial charge in [-0.3, -0.25) is 4.57 Å². The van der Waals surface area contributed by atoms with Gasteiger partial charge < -0.3 is 15.8 Å². The molecule has 1 unspecified atom stereocenters. The zero-order valence-corrected chi connectivity index (χ0v) is 8.60. The fourth-order valence-corrected chi connectivity index (χ4v) is 1.63. The Labute approximate surface area is 90.3 Å². The van der Waals surface area contributed by atoms with Gasteiger partial charge in [0.25, 0.3) is 0 Å². The van der Waals surface area contributed by atoms with E-state index in [1.54, 1.807) is 18.2 Å². The first kappa shape index (κ1) is 10.3. The van der Waals surface area contributed by atoms with Crippen LogP contribution in [0.15, 0.2) is 23.0 Å². The Hall–Kier alpha value is -2.24. The van der Waals surface area contributed by atoms with Crippen LogP contribution in [0.3, 0.4) is 0 Å². The molecular weight excluding hydrogens is 210 g/mol. The van der Waals surface area contributed by atoms with Crippen molar-refractivity contribution >= 4 is 22.7 Å². The number of rotatable bonds is 2. The average Bonchev–Trinajstić information content (AvgIpc) is 2.52. The number of hydrogen-bond donors (Lipinski definition) is 3. The third kappa shape index (κ3) is 1.44. The minimum Gasteiger partial charge on any atom is -0.480 e. The SMILES string of the molecule is CC(C(=O)O)n1c(=O)[nH]c2ccc(N)cc21. The fourth-order valence-electron chi connectivity index (χ4n) is 1.63. The molecule has 0 radical (unpaired) electrons. The van der Waals surface area contributed by atoms with Crippen molar-refractivity contribution in [2.45, 2.75) is 13.0 Å². The Kier molecular flexibility index (Phi) is 2.19. The molecule has 1 aromatic heterocycles. The molecule has 0 bridgehead atoms. The third-order valence-electron chi connectivity index (χ3n) is 2.49. The van der Waals surface area contributed by atoms with Crippen LogP contribution in [0.5, 0.6) is 0 Å². The van der Waals surface area contributed by atoms with Gasteiger partial charge in [-0.15, -0.1) is 0 Å². The number of aromatic amines is 1. The summed E-state index contributed by atoms with van der Waals surface area (Å²) in [5.74, 6) is -1.06. The summed E-state index contributed by atoms with van der Waals surface area (Å²) in [7, 11) is 0. The summed E-state index contributed by atoms with van der Waals surface area (Å²) < 4.78 is 1.17. The lowest BCUT2D eigenvalue weighted by Crippen LogP contribution is -2.25. The normalized spacial score (nSPS) is 12.8. The standard InChI is InChI=1S/C10H11N3O3/c1-5(9(14)15)13-8-4-6(11)2-3-7(8)12-10(13)16/h2-5H,11H2,1H3,(H,12,16)(H,14,15). The van der Waals surface area contributed by atoms with Crippen LogP contribution in [0.25, 0.3) is 11.0 Å². The molecule has 84 valence electrons. The van der Waals surface area contributed by atoms with Crippen LogP contribution in [0, 0.1) is 0 Å². The molecule has 0 saturated carbocycles. The number of anilines is 1. The van der Waals surface area contributed by atoms with E-state index in [9.17, 15) is 9.59 Å². The average molecular weight is 221 g/mol. The summed E-state index contributed by atoms with van der Waals surface area (Å²) in [4.78, 5) is 25.1. The van der Waals surface area contributed by atoms with Gasteiger partial charge in [0.15, 0.2) is 0 Å². The second-order valence-corrected chi connectivity index (χ2v) is 3.59. The van der Waals surface area contributed by atoms with Crippen molar-refractivity contribution in [3.05, 3.63) is 28.7 Å². The number of hydrogen-bond acceptors (Lipinski definition) is 3. The number of benzene rings is 1. The van der Waals surface area contributed by atoms with Crippen molar-refractivity contribution in [3.63, 3.8) is 0 Å². The summed E-state index contributed by atoms with van der Waals surface area (Å²) in [6, 6.07) is 3.95. The van der Waals surface area contributed by atoms with Gasteiger partial charge in [0.1, 0.15) is 6.04 Å². The number of nitrogens with zero attached hydrogens (tertiary/aromatic N) is 1. The van der Waals surface area contributed by atoms with Crippen molar-refractivity contribution < 1.29 is 9.90 Å². The maximum Gasteiger partial charge on any atom is 0.327 e. The molecule has 6 nitrogen and oxygen atoms in total. The van der Waals surface area contributed by atoms with Crippen molar-refractivity contribution in [1.29, 1.82) is 0 Å². The number of imidazole rings is 1. The number of carbonyl (C=O) groups is 1. The van der Waals surface area contributed by atoms with Crippen LogP contribution < -0.4 is 11.4 Å². The van der Waals surface area contributed by atoms with Crippen molar-refractivity contribution in [1.82, 2.24) is 9.55 Å². The molecule has 0 saturated heterocycles. The molecule has 4 N–H and O–H groups in total. The first-order valence-electron chi connectivity index (χ1n) is 4.73. The summed E-state index contributed by atoms with van der Waals surface area (Å²) in [6.07, 6.45) is 0. The predicted molar refractivity (Wildman–Crippen MR) is 59.3 cm³/mol. The number of H-pyrrole nitrogens is 1. The molecule has 0 aliphatic carbocycles. The Bertz CT molecular complexity index is 611. The fraction of sp³-hybridized carbons (Fsp3) is 0.200. The maximum absolute atomic E-state index is 11.6. The lowest BCUT2D eigenvalue weighted by molar-refractivity contribution is -0.140. The third-order valence-corrected chi connectivity index (χ3v) is 2.49. The first-order valence-corrected chi connectivity index (χ1v) is 4.73. The van der Waals surface area contributed by atoms with E-state index in [1.165, 1.54) is 11.5 Å². The topological polar surface area (TPSA) is 101 Å². The van der Waals surface area contributed by atoms with E-state index in [1.807, 2.05) is 0 Å². The Morgan fingerprint density at radius 2 is 2.25 bits per heavy atom. The van der Waals surface area contributed by atoms with E-state index < -0.39 is 17.7 Å². The zero-order valence-electron chi connectivity index (χ0n) is 8.60. The highest BCUT2D eigenvalue weighted by Gasteiger charge is 2.18. The van der Waals surface area contributed by atoms with Crippen LogP contribution in [0.1, 0.15) is 13.0 Å². The highest BCUT2D eigenvalue weighted by Crippen LogP contribution is 2.17. The predicted octanol–water partition coefficient (Wildman–Crippen LogP) is 0.557. The van der Waals surface area contributed by atoms with E-state index in [0.717, 1.165) is 0 Å². The molecule has 1 atom stereocenters. The largest absolute Gasteiger partial charge is 0.480 e. The van der Waals surface area contributed by atoms with Crippen LogP contribution in [-0.4, -0.2) is 20.6 Å². The summed E-state index contributed by atoms with van der Waals surface area (Å²) >= 11 is 0. The van der Waals surface area contributed by atoms with Crippen LogP contribution in [0.4, 0.5) is 5.69 Å². The number of aromatic nitrogens is 2. The van der Waals surface area contributed by atoms with Gasteiger partial charge >= 0.3 is 11.7 Å². The zero-order chi connectivity index (χ0) is 11.9. The molecule has 0 aliphatic rings. The van der Waals surface area contributed by atoms with Crippen LogP contribution in [0.2, 0.25) is 0 Å². The van der Waals surface area contributed by atoms with E-state index in [2.05, 4.69) is 4.98 Å². The van der Waals surface area contributed by atoms with Gasteiger partial charge in [0, 0.05) is 5.69 Å². The van der Waals surface area contributed by atoms with Crippen molar-refractivity contribution in [2.24, 2.45) is 0 Å². The molecular formula is C10H11N3O3. The summed E-state index contributed by atoms with van der Waals surface area (Å²) in [5, 5.41) is 8.90. The Morgan fingerprint density at radius 1 is 1.56 bits per heavy atom. The van der Waals surface area contributed by atoms with E-state index in [0.29, 0.717) is 16.7 Å². The Morgan fingerprint density at radius 3 is 2.88 bits per heavy atom. The molecule has 1 heterocycles. The van der Waals surface area contributed by atoms with Crippen molar-refractivity contribution in [2.75, 3.05) is 5.73 Å². The quantitative estimate of drug-likeness (QED) is 0.645. The second-order valence-electron chi connectivity index (χ2n) is 3.59. The first-order chi connectivity index (χ1) is 7.50. The number of carboxylic acids is 1. The summed E-state index contributed by atoms with van der Waals surface area (Å²) in [6.45, 7) is 1.44. The highest BCUT2D eigenvalue weighted by molar-refractivity contribution is 5.81. The van der Waals surface area contributed by atoms with Crippen LogP contribution >= 0.6 is 0 Å². The van der Waals surface area contributed by atoms with Gasteiger partial charge in [-0.05, 0) is 25.1 Å². The number of fused-ring (bicyclic) bond motifs is 1. The van der Waals surface area contributed by atoms with E-state index in [4.69, 9.17) is 10.8 Å². The van der Waals surface area contributed by atoms with Gasteiger partial charge in [-0.1, -0.05) is 0 Å². The van der Waals surface area contributed by atoms with Crippen LogP contribution in [-0.2, 0) is 4.79 Å². The maximum atomic E-state index is 11.6. The molecule has 2 rings (SSSR count). The monoisotopic (exact) mass is 221 g/mol. The van der Waals surface area contributed by atoms with Gasteiger partial charge in [0.05, 0.1) is 11.0 Å². The molecule has 0 amide bonds. The number of carboxylic acid groups (broad SMARTS) is 1. The number of nitrogens with two attached hydrogens (primary N) is 1.